The fourth-order valence-corrected chi connectivity index (χ4v) is 5.09. The molecule has 68 valence electrons. The van der Waals surface area contributed by atoms with Gasteiger partial charge in [-0.1, -0.05) is 65.6 Å². The lowest BCUT2D eigenvalue weighted by atomic mass is 10.3. The van der Waals surface area contributed by atoms with Crippen LogP contribution in [0.25, 0.3) is 0 Å². The SMILES string of the molecule is CC1=CP(c2ccccc2)CC1Br. The summed E-state index contributed by atoms with van der Waals surface area (Å²) in [5.41, 5.74) is 1.50. The third-order valence-corrected chi connectivity index (χ3v) is 6.28. The summed E-state index contributed by atoms with van der Waals surface area (Å²) in [5, 5.41) is 1.50. The first-order valence-corrected chi connectivity index (χ1v) is 6.92. The summed E-state index contributed by atoms with van der Waals surface area (Å²) < 4.78 is 0. The highest BCUT2D eigenvalue weighted by Gasteiger charge is 2.21. The van der Waals surface area contributed by atoms with E-state index < -0.39 is 0 Å². The lowest BCUT2D eigenvalue weighted by Crippen LogP contribution is -2.03. The number of halogens is 1. The third-order valence-electron chi connectivity index (χ3n) is 2.30. The molecule has 2 atom stereocenters. The fourth-order valence-electron chi connectivity index (χ4n) is 1.50. The molecule has 2 heteroatoms. The van der Waals surface area contributed by atoms with Crippen LogP contribution in [0.2, 0.25) is 0 Å². The Bertz CT molecular complexity index is 318. The molecule has 0 aromatic heterocycles. The molecule has 1 aliphatic heterocycles. The number of benzene rings is 1. The monoisotopic (exact) mass is 254 g/mol. The topological polar surface area (TPSA) is 0 Å². The van der Waals surface area contributed by atoms with Crippen LogP contribution in [0.15, 0.2) is 41.7 Å². The van der Waals surface area contributed by atoms with E-state index in [1.54, 1.807) is 0 Å². The zero-order chi connectivity index (χ0) is 9.26. The largest absolute Gasteiger partial charge is 0.0838 e. The predicted octanol–water partition coefficient (Wildman–Crippen LogP) is 3.47. The lowest BCUT2D eigenvalue weighted by Gasteiger charge is -2.08. The summed E-state index contributed by atoms with van der Waals surface area (Å²) >= 11 is 3.69. The van der Waals surface area contributed by atoms with Crippen molar-refractivity contribution in [2.45, 2.75) is 11.8 Å². The quantitative estimate of drug-likeness (QED) is 0.532. The van der Waals surface area contributed by atoms with Gasteiger partial charge in [-0.15, -0.1) is 0 Å². The van der Waals surface area contributed by atoms with Crippen molar-refractivity contribution in [3.63, 3.8) is 0 Å². The van der Waals surface area contributed by atoms with Gasteiger partial charge in [-0.3, -0.25) is 0 Å². The highest BCUT2D eigenvalue weighted by molar-refractivity contribution is 9.09. The smallest absolute Gasteiger partial charge is 0.0400 e. The molecule has 0 saturated carbocycles. The highest BCUT2D eigenvalue weighted by atomic mass is 79.9. The zero-order valence-electron chi connectivity index (χ0n) is 7.57. The molecule has 0 radical (unpaired) electrons. The molecule has 1 aromatic rings. The van der Waals surface area contributed by atoms with Crippen LogP contribution in [0.3, 0.4) is 0 Å². The van der Waals surface area contributed by atoms with E-state index in [-0.39, 0.29) is 7.92 Å². The van der Waals surface area contributed by atoms with Crippen molar-refractivity contribution < 1.29 is 0 Å². The Hall–Kier alpha value is -0.130. The average molecular weight is 255 g/mol. The van der Waals surface area contributed by atoms with Gasteiger partial charge in [-0.05, 0) is 18.4 Å². The molecule has 0 saturated heterocycles. The molecule has 1 heterocycles. The number of hydrogen-bond acceptors (Lipinski definition) is 0. The second kappa shape index (κ2) is 3.94. The van der Waals surface area contributed by atoms with Gasteiger partial charge < -0.3 is 0 Å². The molecule has 0 N–H and O–H groups in total. The van der Waals surface area contributed by atoms with E-state index >= 15 is 0 Å². The van der Waals surface area contributed by atoms with Crippen LogP contribution >= 0.6 is 23.9 Å². The van der Waals surface area contributed by atoms with Crippen LogP contribution in [0.1, 0.15) is 6.92 Å². The van der Waals surface area contributed by atoms with Gasteiger partial charge >= 0.3 is 0 Å². The fraction of sp³-hybridized carbons (Fsp3) is 0.273. The Balaban J connectivity index is 2.22. The molecule has 1 aliphatic rings. The number of allylic oxidation sites excluding steroid dienone is 1. The first-order valence-electron chi connectivity index (χ1n) is 4.41. The van der Waals surface area contributed by atoms with Gasteiger partial charge in [0.25, 0.3) is 0 Å². The van der Waals surface area contributed by atoms with E-state index in [2.05, 4.69) is 59.0 Å². The van der Waals surface area contributed by atoms with Crippen molar-refractivity contribution in [1.82, 2.24) is 0 Å². The van der Waals surface area contributed by atoms with Crippen molar-refractivity contribution in [3.8, 4) is 0 Å². The van der Waals surface area contributed by atoms with E-state index in [9.17, 15) is 0 Å². The predicted molar refractivity (Wildman–Crippen MR) is 64.3 cm³/mol. The molecule has 2 unspecified atom stereocenters. The van der Waals surface area contributed by atoms with Crippen molar-refractivity contribution in [1.29, 1.82) is 0 Å². The van der Waals surface area contributed by atoms with Gasteiger partial charge in [0.2, 0.25) is 0 Å². The Morgan fingerprint density at radius 3 is 2.54 bits per heavy atom. The van der Waals surface area contributed by atoms with E-state index in [1.807, 2.05) is 0 Å². The summed E-state index contributed by atoms with van der Waals surface area (Å²) in [6.07, 6.45) is 1.27. The maximum atomic E-state index is 3.69. The summed E-state index contributed by atoms with van der Waals surface area (Å²) in [5.74, 6) is 2.43. The van der Waals surface area contributed by atoms with E-state index in [1.165, 1.54) is 17.0 Å². The molecule has 0 fully saturated rings. The van der Waals surface area contributed by atoms with Crippen molar-refractivity contribution in [3.05, 3.63) is 41.7 Å². The standard InChI is InChI=1S/C11H12BrP/c1-9-7-13(8-11(9)12)10-5-3-2-4-6-10/h2-7,11H,8H2,1H3. The van der Waals surface area contributed by atoms with Gasteiger partial charge in [0.15, 0.2) is 0 Å². The van der Waals surface area contributed by atoms with Crippen LogP contribution in [-0.4, -0.2) is 11.0 Å². The van der Waals surface area contributed by atoms with Crippen LogP contribution in [-0.2, 0) is 0 Å². The van der Waals surface area contributed by atoms with Gasteiger partial charge in [-0.25, -0.2) is 0 Å². The Morgan fingerprint density at radius 2 is 2.00 bits per heavy atom. The first kappa shape index (κ1) is 9.43. The van der Waals surface area contributed by atoms with Crippen LogP contribution < -0.4 is 5.30 Å². The van der Waals surface area contributed by atoms with Crippen molar-refractivity contribution in [2.24, 2.45) is 0 Å². The van der Waals surface area contributed by atoms with E-state index in [0.717, 1.165) is 0 Å². The molecule has 13 heavy (non-hydrogen) atoms. The normalized spacial score (nSPS) is 27.4. The number of rotatable bonds is 1. The molecular weight excluding hydrogens is 243 g/mol. The minimum atomic E-state index is -0.0278. The third kappa shape index (κ3) is 2.03. The molecule has 0 amide bonds. The van der Waals surface area contributed by atoms with Crippen LogP contribution in [0, 0.1) is 0 Å². The number of hydrogen-bond donors (Lipinski definition) is 0. The second-order valence-electron chi connectivity index (χ2n) is 3.33. The molecule has 0 spiro atoms. The lowest BCUT2D eigenvalue weighted by molar-refractivity contribution is 1.19. The molecule has 2 rings (SSSR count). The Labute approximate surface area is 88.9 Å². The minimum absolute atomic E-state index is 0.0278. The zero-order valence-corrected chi connectivity index (χ0v) is 10.1. The van der Waals surface area contributed by atoms with E-state index in [4.69, 9.17) is 0 Å². The minimum Gasteiger partial charge on any atom is -0.0838 e. The van der Waals surface area contributed by atoms with Crippen molar-refractivity contribution in [2.75, 3.05) is 6.16 Å². The second-order valence-corrected chi connectivity index (χ2v) is 6.51. The molecule has 1 aromatic carbocycles. The molecule has 0 aliphatic carbocycles. The molecule has 0 bridgehead atoms. The summed E-state index contributed by atoms with van der Waals surface area (Å²) in [6.45, 7) is 2.21. The summed E-state index contributed by atoms with van der Waals surface area (Å²) in [7, 11) is -0.0278. The molecular formula is C11H12BrP. The average Bonchev–Trinajstić information content (AvgIpc) is 2.49. The molecule has 0 nitrogen and oxygen atoms in total. The maximum Gasteiger partial charge on any atom is 0.0400 e. The van der Waals surface area contributed by atoms with Gasteiger partial charge in [-0.2, -0.15) is 0 Å². The highest BCUT2D eigenvalue weighted by Crippen LogP contribution is 2.46. The summed E-state index contributed by atoms with van der Waals surface area (Å²) in [4.78, 5) is 0.610. The Morgan fingerprint density at radius 1 is 1.31 bits per heavy atom. The van der Waals surface area contributed by atoms with E-state index in [0.29, 0.717) is 4.83 Å². The van der Waals surface area contributed by atoms with Crippen LogP contribution in [0.4, 0.5) is 0 Å². The number of alkyl halides is 1. The van der Waals surface area contributed by atoms with Crippen molar-refractivity contribution >= 4 is 29.2 Å². The van der Waals surface area contributed by atoms with Gasteiger partial charge in [0, 0.05) is 4.83 Å². The van der Waals surface area contributed by atoms with Gasteiger partial charge in [0.1, 0.15) is 0 Å². The first-order chi connectivity index (χ1) is 6.27. The van der Waals surface area contributed by atoms with Crippen LogP contribution in [0.5, 0.6) is 0 Å². The van der Waals surface area contributed by atoms with Gasteiger partial charge in [0.05, 0.1) is 0 Å². The summed E-state index contributed by atoms with van der Waals surface area (Å²) in [6, 6.07) is 10.8. The maximum absolute atomic E-state index is 3.69. The Kier molecular flexibility index (Phi) is 2.86.